The molecule has 0 aromatic heterocycles. The zero-order valence-electron chi connectivity index (χ0n) is 12.1. The molecular weight excluding hydrogens is 270 g/mol. The molecule has 5 nitrogen and oxygen atoms in total. The number of hydrogen-bond acceptors (Lipinski definition) is 4. The highest BCUT2D eigenvalue weighted by molar-refractivity contribution is 5.92. The Morgan fingerprint density at radius 3 is 2.86 bits per heavy atom. The first kappa shape index (κ1) is 15.5. The van der Waals surface area contributed by atoms with Gasteiger partial charge in [-0.15, -0.1) is 0 Å². The van der Waals surface area contributed by atoms with Gasteiger partial charge in [0, 0.05) is 12.5 Å². The van der Waals surface area contributed by atoms with E-state index < -0.39 is 5.54 Å². The van der Waals surface area contributed by atoms with E-state index in [-0.39, 0.29) is 19.1 Å². The minimum Gasteiger partial charge on any atom is -0.493 e. The number of fused-ring (bicyclic) bond motifs is 1. The predicted molar refractivity (Wildman–Crippen MR) is 80.0 cm³/mol. The summed E-state index contributed by atoms with van der Waals surface area (Å²) in [6.07, 6.45) is 4.46. The molecule has 3 N–H and O–H groups in total. The van der Waals surface area contributed by atoms with Crippen molar-refractivity contribution >= 4 is 12.0 Å². The number of aliphatic hydroxyl groups is 2. The Morgan fingerprint density at radius 2 is 2.19 bits per heavy atom. The van der Waals surface area contributed by atoms with Crippen LogP contribution in [0.15, 0.2) is 24.3 Å². The van der Waals surface area contributed by atoms with E-state index in [1.54, 1.807) is 13.0 Å². The molecule has 0 fully saturated rings. The van der Waals surface area contributed by atoms with E-state index in [9.17, 15) is 15.0 Å². The number of carbonyl (C=O) groups excluding carboxylic acids is 1. The molecule has 1 heterocycles. The topological polar surface area (TPSA) is 78.8 Å². The van der Waals surface area contributed by atoms with Crippen LogP contribution >= 0.6 is 0 Å². The highest BCUT2D eigenvalue weighted by Gasteiger charge is 2.27. The summed E-state index contributed by atoms with van der Waals surface area (Å²) in [7, 11) is 0. The van der Waals surface area contributed by atoms with Crippen LogP contribution in [0.25, 0.3) is 6.08 Å². The molecule has 1 amide bonds. The van der Waals surface area contributed by atoms with Gasteiger partial charge in [-0.25, -0.2) is 0 Å². The molecule has 5 heteroatoms. The van der Waals surface area contributed by atoms with Gasteiger partial charge >= 0.3 is 0 Å². The Bertz CT molecular complexity index is 527. The molecule has 1 aromatic carbocycles. The number of carbonyl (C=O) groups is 1. The molecule has 21 heavy (non-hydrogen) atoms. The molecule has 0 unspecified atom stereocenters. The molecule has 0 bridgehead atoms. The lowest BCUT2D eigenvalue weighted by atomic mass is 9.98. The second kappa shape index (κ2) is 6.74. The Kier molecular flexibility index (Phi) is 4.98. The first-order valence-electron chi connectivity index (χ1n) is 7.10. The van der Waals surface area contributed by atoms with Crippen molar-refractivity contribution < 1.29 is 19.7 Å². The molecule has 0 radical (unpaired) electrons. The summed E-state index contributed by atoms with van der Waals surface area (Å²) >= 11 is 0. The summed E-state index contributed by atoms with van der Waals surface area (Å²) in [5, 5.41) is 21.3. The average molecular weight is 291 g/mol. The second-order valence-electron chi connectivity index (χ2n) is 5.24. The number of benzene rings is 1. The van der Waals surface area contributed by atoms with Gasteiger partial charge in [0.1, 0.15) is 5.75 Å². The standard InChI is InChI=1S/C16H21NO4/c1-2-16(10-18,11-19)17-15(20)6-4-12-3-5-14-13(9-12)7-8-21-14/h3-6,9,18-19H,2,7-8,10-11H2,1H3,(H,17,20)/b6-4+. The summed E-state index contributed by atoms with van der Waals surface area (Å²) < 4.78 is 5.43. The van der Waals surface area contributed by atoms with Gasteiger partial charge in [0.2, 0.25) is 5.91 Å². The normalized spacial score (nSPS) is 14.0. The molecule has 0 atom stereocenters. The summed E-state index contributed by atoms with van der Waals surface area (Å²) in [5.41, 5.74) is 1.10. The average Bonchev–Trinajstić information content (AvgIpc) is 2.98. The van der Waals surface area contributed by atoms with Crippen molar-refractivity contribution in [2.24, 2.45) is 0 Å². The summed E-state index contributed by atoms with van der Waals surface area (Å²) in [5.74, 6) is 0.568. The third kappa shape index (κ3) is 3.62. The van der Waals surface area contributed by atoms with Crippen LogP contribution < -0.4 is 10.1 Å². The minimum atomic E-state index is -0.965. The van der Waals surface area contributed by atoms with Crippen LogP contribution in [0.1, 0.15) is 24.5 Å². The lowest BCUT2D eigenvalue weighted by Gasteiger charge is -2.29. The fraction of sp³-hybridized carbons (Fsp3) is 0.438. The van der Waals surface area contributed by atoms with E-state index in [2.05, 4.69) is 5.32 Å². The quantitative estimate of drug-likeness (QED) is 0.680. The van der Waals surface area contributed by atoms with E-state index in [0.29, 0.717) is 13.0 Å². The molecular formula is C16H21NO4. The zero-order valence-corrected chi connectivity index (χ0v) is 12.1. The largest absolute Gasteiger partial charge is 0.493 e. The Morgan fingerprint density at radius 1 is 1.43 bits per heavy atom. The number of nitrogens with one attached hydrogen (secondary N) is 1. The molecule has 2 rings (SSSR count). The van der Waals surface area contributed by atoms with Crippen molar-refractivity contribution in [2.45, 2.75) is 25.3 Å². The molecule has 0 saturated carbocycles. The number of rotatable bonds is 6. The Balaban J connectivity index is 2.02. The summed E-state index contributed by atoms with van der Waals surface area (Å²) in [6, 6.07) is 5.79. The van der Waals surface area contributed by atoms with Gasteiger partial charge in [-0.3, -0.25) is 4.79 Å². The molecule has 1 aliphatic heterocycles. The van der Waals surface area contributed by atoms with Crippen LogP contribution in [0.2, 0.25) is 0 Å². The van der Waals surface area contributed by atoms with E-state index >= 15 is 0 Å². The lowest BCUT2D eigenvalue weighted by molar-refractivity contribution is -0.119. The summed E-state index contributed by atoms with van der Waals surface area (Å²) in [6.45, 7) is 1.91. The molecule has 0 saturated heterocycles. The van der Waals surface area contributed by atoms with E-state index in [0.717, 1.165) is 23.3 Å². The Labute approximate surface area is 124 Å². The van der Waals surface area contributed by atoms with Crippen LogP contribution in [0, 0.1) is 0 Å². The monoisotopic (exact) mass is 291 g/mol. The number of hydrogen-bond donors (Lipinski definition) is 3. The summed E-state index contributed by atoms with van der Waals surface area (Å²) in [4.78, 5) is 11.9. The minimum absolute atomic E-state index is 0.296. The van der Waals surface area contributed by atoms with Gasteiger partial charge in [0.05, 0.1) is 25.4 Å². The fourth-order valence-electron chi connectivity index (χ4n) is 2.23. The fourth-order valence-corrected chi connectivity index (χ4v) is 2.23. The van der Waals surface area contributed by atoms with Crippen LogP contribution in [-0.2, 0) is 11.2 Å². The highest BCUT2D eigenvalue weighted by atomic mass is 16.5. The van der Waals surface area contributed by atoms with Crippen molar-refractivity contribution in [2.75, 3.05) is 19.8 Å². The predicted octanol–water partition coefficient (Wildman–Crippen LogP) is 0.884. The maximum Gasteiger partial charge on any atom is 0.244 e. The van der Waals surface area contributed by atoms with Crippen LogP contribution in [-0.4, -0.2) is 41.5 Å². The van der Waals surface area contributed by atoms with Crippen molar-refractivity contribution in [3.63, 3.8) is 0 Å². The molecule has 114 valence electrons. The van der Waals surface area contributed by atoms with E-state index in [1.165, 1.54) is 6.08 Å². The van der Waals surface area contributed by atoms with Crippen molar-refractivity contribution in [3.8, 4) is 5.75 Å². The first-order chi connectivity index (χ1) is 10.1. The maximum absolute atomic E-state index is 11.9. The molecule has 1 aliphatic rings. The van der Waals surface area contributed by atoms with Crippen LogP contribution in [0.4, 0.5) is 0 Å². The van der Waals surface area contributed by atoms with Gasteiger partial charge in [-0.1, -0.05) is 13.0 Å². The molecule has 0 aliphatic carbocycles. The number of ether oxygens (including phenoxy) is 1. The van der Waals surface area contributed by atoms with Crippen molar-refractivity contribution in [3.05, 3.63) is 35.4 Å². The van der Waals surface area contributed by atoms with Crippen LogP contribution in [0.5, 0.6) is 5.75 Å². The maximum atomic E-state index is 11.9. The SMILES string of the molecule is CCC(CO)(CO)NC(=O)/C=C/c1ccc2c(c1)CCO2. The zero-order chi connectivity index (χ0) is 15.3. The molecule has 0 spiro atoms. The second-order valence-corrected chi connectivity index (χ2v) is 5.24. The van der Waals surface area contributed by atoms with Gasteiger partial charge in [0.25, 0.3) is 0 Å². The highest BCUT2D eigenvalue weighted by Crippen LogP contribution is 2.26. The Hall–Kier alpha value is -1.85. The third-order valence-electron chi connectivity index (χ3n) is 3.81. The van der Waals surface area contributed by atoms with Gasteiger partial charge in [0.15, 0.2) is 0 Å². The number of aliphatic hydroxyl groups excluding tert-OH is 2. The first-order valence-corrected chi connectivity index (χ1v) is 7.10. The van der Waals surface area contributed by atoms with Crippen LogP contribution in [0.3, 0.4) is 0 Å². The van der Waals surface area contributed by atoms with E-state index in [4.69, 9.17) is 4.74 Å². The van der Waals surface area contributed by atoms with Gasteiger partial charge in [-0.2, -0.15) is 0 Å². The van der Waals surface area contributed by atoms with E-state index in [1.807, 2.05) is 18.2 Å². The van der Waals surface area contributed by atoms with Gasteiger partial charge in [-0.05, 0) is 35.8 Å². The van der Waals surface area contributed by atoms with Crippen molar-refractivity contribution in [1.29, 1.82) is 0 Å². The lowest BCUT2D eigenvalue weighted by Crippen LogP contribution is -2.53. The number of amides is 1. The molecule has 1 aromatic rings. The van der Waals surface area contributed by atoms with Gasteiger partial charge < -0.3 is 20.3 Å². The third-order valence-corrected chi connectivity index (χ3v) is 3.81. The van der Waals surface area contributed by atoms with Crippen molar-refractivity contribution in [1.82, 2.24) is 5.32 Å². The smallest absolute Gasteiger partial charge is 0.244 e.